The Balaban J connectivity index is 2.76. The fourth-order valence-electron chi connectivity index (χ4n) is 1.08. The number of halogens is 1. The van der Waals surface area contributed by atoms with Crippen molar-refractivity contribution in [3.8, 4) is 0 Å². The zero-order valence-corrected chi connectivity index (χ0v) is 10.4. The van der Waals surface area contributed by atoms with Crippen LogP contribution in [0.3, 0.4) is 0 Å². The highest BCUT2D eigenvalue weighted by Crippen LogP contribution is 2.26. The molecular weight excluding hydrogens is 266 g/mol. The highest BCUT2D eigenvalue weighted by molar-refractivity contribution is 9.10. The van der Waals surface area contributed by atoms with Gasteiger partial charge in [0.15, 0.2) is 0 Å². The van der Waals surface area contributed by atoms with Gasteiger partial charge in [-0.2, -0.15) is 0 Å². The molecule has 0 spiro atoms. The summed E-state index contributed by atoms with van der Waals surface area (Å²) in [6.45, 7) is 2.21. The Morgan fingerprint density at radius 2 is 2.50 bits per heavy atom. The van der Waals surface area contributed by atoms with Gasteiger partial charge in [-0.15, -0.1) is 11.3 Å². The first-order valence-corrected chi connectivity index (χ1v) is 5.94. The fraction of sp³-hybridized carbons (Fsp3) is 0.444. The third kappa shape index (κ3) is 2.80. The number of nitrogens with one attached hydrogen (secondary N) is 1. The Kier molecular flexibility index (Phi) is 4.57. The molecule has 1 rings (SSSR count). The van der Waals surface area contributed by atoms with Gasteiger partial charge in [0.25, 0.3) is 0 Å². The maximum atomic E-state index is 11.5. The number of esters is 1. The molecule has 0 radical (unpaired) electrons. The summed E-state index contributed by atoms with van der Waals surface area (Å²) < 4.78 is 5.94. The number of thiophene rings is 1. The molecule has 1 atom stereocenters. The van der Waals surface area contributed by atoms with Crippen LogP contribution in [0.25, 0.3) is 0 Å². The lowest BCUT2D eigenvalue weighted by molar-refractivity contribution is -0.145. The summed E-state index contributed by atoms with van der Waals surface area (Å²) >= 11 is 4.87. The van der Waals surface area contributed by atoms with Crippen molar-refractivity contribution in [2.75, 3.05) is 13.7 Å². The predicted molar refractivity (Wildman–Crippen MR) is 60.5 cm³/mol. The van der Waals surface area contributed by atoms with E-state index in [2.05, 4.69) is 21.2 Å². The van der Waals surface area contributed by atoms with Gasteiger partial charge in [-0.25, -0.2) is 4.79 Å². The standard InChI is InChI=1S/C9H12BrNO2S/c1-3-13-9(12)8(11-2)7-4-6(10)5-14-7/h4-5,8,11H,3H2,1-2H3. The second-order valence-corrected chi connectivity index (χ2v) is 4.50. The highest BCUT2D eigenvalue weighted by Gasteiger charge is 2.21. The zero-order valence-electron chi connectivity index (χ0n) is 8.04. The van der Waals surface area contributed by atoms with Gasteiger partial charge in [-0.1, -0.05) is 0 Å². The maximum absolute atomic E-state index is 11.5. The Hall–Kier alpha value is -0.390. The average molecular weight is 278 g/mol. The first kappa shape index (κ1) is 11.7. The number of hydrogen-bond acceptors (Lipinski definition) is 4. The van der Waals surface area contributed by atoms with E-state index in [0.717, 1.165) is 9.35 Å². The van der Waals surface area contributed by atoms with Gasteiger partial charge in [-0.3, -0.25) is 0 Å². The van der Waals surface area contributed by atoms with Crippen molar-refractivity contribution in [1.29, 1.82) is 0 Å². The van der Waals surface area contributed by atoms with Crippen LogP contribution in [0.4, 0.5) is 0 Å². The number of rotatable bonds is 4. The van der Waals surface area contributed by atoms with Gasteiger partial charge in [-0.05, 0) is 36.0 Å². The Labute approximate surface area is 95.6 Å². The zero-order chi connectivity index (χ0) is 10.6. The summed E-state index contributed by atoms with van der Waals surface area (Å²) in [6, 6.07) is 1.56. The smallest absolute Gasteiger partial charge is 0.328 e. The molecule has 14 heavy (non-hydrogen) atoms. The maximum Gasteiger partial charge on any atom is 0.328 e. The molecule has 5 heteroatoms. The van der Waals surface area contributed by atoms with Crippen LogP contribution in [0, 0.1) is 0 Å². The SMILES string of the molecule is CCOC(=O)C(NC)c1cc(Br)cs1. The molecule has 0 saturated carbocycles. The molecule has 0 amide bonds. The lowest BCUT2D eigenvalue weighted by Crippen LogP contribution is -2.26. The van der Waals surface area contributed by atoms with Gasteiger partial charge < -0.3 is 10.1 Å². The minimum Gasteiger partial charge on any atom is -0.465 e. The Morgan fingerprint density at radius 1 is 1.79 bits per heavy atom. The topological polar surface area (TPSA) is 38.3 Å². The third-order valence-corrected chi connectivity index (χ3v) is 3.44. The molecule has 0 saturated heterocycles. The van der Waals surface area contributed by atoms with Crippen molar-refractivity contribution >= 4 is 33.2 Å². The van der Waals surface area contributed by atoms with E-state index in [1.54, 1.807) is 14.0 Å². The van der Waals surface area contributed by atoms with Crippen LogP contribution in [-0.4, -0.2) is 19.6 Å². The minimum atomic E-state index is -0.355. The number of carbonyl (C=O) groups is 1. The first-order chi connectivity index (χ1) is 6.69. The van der Waals surface area contributed by atoms with Crippen molar-refractivity contribution in [3.05, 3.63) is 20.8 Å². The number of likely N-dealkylation sites (N-methyl/N-ethyl adjacent to an activating group) is 1. The molecule has 0 fully saturated rings. The largest absolute Gasteiger partial charge is 0.465 e. The van der Waals surface area contributed by atoms with Crippen LogP contribution in [-0.2, 0) is 9.53 Å². The van der Waals surface area contributed by atoms with Crippen molar-refractivity contribution < 1.29 is 9.53 Å². The van der Waals surface area contributed by atoms with Crippen molar-refractivity contribution in [3.63, 3.8) is 0 Å². The summed E-state index contributed by atoms with van der Waals surface area (Å²) in [5.41, 5.74) is 0. The van der Waals surface area contributed by atoms with Crippen LogP contribution >= 0.6 is 27.3 Å². The summed E-state index contributed by atoms with van der Waals surface area (Å²) in [4.78, 5) is 12.4. The lowest BCUT2D eigenvalue weighted by Gasteiger charge is -2.12. The molecule has 78 valence electrons. The summed E-state index contributed by atoms with van der Waals surface area (Å²) in [5, 5.41) is 4.87. The number of ether oxygens (including phenoxy) is 1. The minimum absolute atomic E-state index is 0.232. The van der Waals surface area contributed by atoms with Crippen LogP contribution in [0.1, 0.15) is 17.8 Å². The van der Waals surface area contributed by atoms with Crippen LogP contribution < -0.4 is 5.32 Å². The molecule has 1 unspecified atom stereocenters. The van der Waals surface area contributed by atoms with E-state index in [-0.39, 0.29) is 12.0 Å². The molecule has 3 nitrogen and oxygen atoms in total. The van der Waals surface area contributed by atoms with Gasteiger partial charge in [0, 0.05) is 14.7 Å². The van der Waals surface area contributed by atoms with Gasteiger partial charge >= 0.3 is 5.97 Å². The quantitative estimate of drug-likeness (QED) is 0.859. The van der Waals surface area contributed by atoms with Crippen LogP contribution in [0.15, 0.2) is 15.9 Å². The third-order valence-electron chi connectivity index (χ3n) is 1.68. The van der Waals surface area contributed by atoms with E-state index >= 15 is 0 Å². The van der Waals surface area contributed by atoms with Crippen molar-refractivity contribution in [2.45, 2.75) is 13.0 Å². The van der Waals surface area contributed by atoms with Gasteiger partial charge in [0.2, 0.25) is 0 Å². The molecule has 0 bridgehead atoms. The fourth-order valence-corrected chi connectivity index (χ4v) is 2.62. The monoisotopic (exact) mass is 277 g/mol. The molecule has 0 aliphatic rings. The van der Waals surface area contributed by atoms with E-state index < -0.39 is 0 Å². The van der Waals surface area contributed by atoms with E-state index in [1.165, 1.54) is 11.3 Å². The molecule has 0 aromatic carbocycles. The molecule has 0 aliphatic heterocycles. The number of carbonyl (C=O) groups excluding carboxylic acids is 1. The van der Waals surface area contributed by atoms with Gasteiger partial charge in [0.1, 0.15) is 6.04 Å². The lowest BCUT2D eigenvalue weighted by atomic mass is 10.2. The highest BCUT2D eigenvalue weighted by atomic mass is 79.9. The Bertz CT molecular complexity index is 314. The normalized spacial score (nSPS) is 12.5. The van der Waals surface area contributed by atoms with E-state index in [0.29, 0.717) is 6.61 Å². The first-order valence-electron chi connectivity index (χ1n) is 4.26. The van der Waals surface area contributed by atoms with E-state index in [9.17, 15) is 4.79 Å². The Morgan fingerprint density at radius 3 is 2.93 bits per heavy atom. The predicted octanol–water partition coefficient (Wildman–Crippen LogP) is 2.33. The van der Waals surface area contributed by atoms with E-state index in [4.69, 9.17) is 4.74 Å². The summed E-state index contributed by atoms with van der Waals surface area (Å²) in [5.74, 6) is -0.232. The second kappa shape index (κ2) is 5.48. The van der Waals surface area contributed by atoms with E-state index in [1.807, 2.05) is 11.4 Å². The van der Waals surface area contributed by atoms with Crippen molar-refractivity contribution in [1.82, 2.24) is 5.32 Å². The second-order valence-electron chi connectivity index (χ2n) is 2.64. The molecular formula is C9H12BrNO2S. The summed E-state index contributed by atoms with van der Waals surface area (Å²) in [6.07, 6.45) is 0. The number of hydrogen-bond donors (Lipinski definition) is 1. The molecule has 1 aromatic rings. The molecule has 1 aromatic heterocycles. The molecule has 1 heterocycles. The average Bonchev–Trinajstić information content (AvgIpc) is 2.54. The van der Waals surface area contributed by atoms with Crippen LogP contribution in [0.2, 0.25) is 0 Å². The van der Waals surface area contributed by atoms with Gasteiger partial charge in [0.05, 0.1) is 6.61 Å². The summed E-state index contributed by atoms with van der Waals surface area (Å²) in [7, 11) is 1.75. The van der Waals surface area contributed by atoms with Crippen LogP contribution in [0.5, 0.6) is 0 Å². The molecule has 0 aliphatic carbocycles. The van der Waals surface area contributed by atoms with Crippen molar-refractivity contribution in [2.24, 2.45) is 0 Å². The molecule has 1 N–H and O–H groups in total.